The number of ether oxygens (including phenoxy) is 1. The van der Waals surface area contributed by atoms with Crippen LogP contribution in [0.1, 0.15) is 43.0 Å². The number of aromatic nitrogens is 1. The molecule has 9 nitrogen and oxygen atoms in total. The van der Waals surface area contributed by atoms with Gasteiger partial charge in [0.05, 0.1) is 0 Å². The number of nitrogens with one attached hydrogen (secondary N) is 1. The fourth-order valence-electron chi connectivity index (χ4n) is 4.23. The number of rotatable bonds is 9. The van der Waals surface area contributed by atoms with E-state index in [4.69, 9.17) is 9.57 Å². The summed E-state index contributed by atoms with van der Waals surface area (Å²) in [6.45, 7) is 1.86. The molecule has 0 saturated carbocycles. The topological polar surface area (TPSA) is 121 Å². The number of hydroxylamine groups is 1. The van der Waals surface area contributed by atoms with Crippen LogP contribution in [0.2, 0.25) is 0 Å². The van der Waals surface area contributed by atoms with Crippen LogP contribution in [0.25, 0.3) is 21.9 Å². The molecule has 10 heteroatoms. The Bertz CT molecular complexity index is 1460. The number of carbonyl (C=O) groups excluding carboxylic acids is 2. The third kappa shape index (κ3) is 5.82. The van der Waals surface area contributed by atoms with Crippen molar-refractivity contribution in [3.05, 3.63) is 70.6 Å². The molecule has 2 aromatic carbocycles. The first kappa shape index (κ1) is 26.7. The van der Waals surface area contributed by atoms with Crippen molar-refractivity contribution in [2.45, 2.75) is 50.2 Å². The molecule has 0 radical (unpaired) electrons. The molecule has 1 aromatic heterocycles. The average molecular weight is 527 g/mol. The van der Waals surface area contributed by atoms with E-state index in [1.54, 1.807) is 30.5 Å². The van der Waals surface area contributed by atoms with E-state index in [0.29, 0.717) is 24.0 Å². The summed E-state index contributed by atoms with van der Waals surface area (Å²) in [6.07, 6.45) is 5.04. The maximum absolute atomic E-state index is 13.2. The molecule has 37 heavy (non-hydrogen) atoms. The van der Waals surface area contributed by atoms with Crippen LogP contribution in [0, 0.1) is 0 Å². The molecule has 1 N–H and O–H groups in total. The van der Waals surface area contributed by atoms with Gasteiger partial charge in [0.25, 0.3) is 11.5 Å². The van der Waals surface area contributed by atoms with Crippen molar-refractivity contribution < 1.29 is 27.6 Å². The highest BCUT2D eigenvalue weighted by Gasteiger charge is 2.44. The molecule has 196 valence electrons. The molecule has 1 saturated heterocycles. The molecule has 1 aliphatic heterocycles. The summed E-state index contributed by atoms with van der Waals surface area (Å²) >= 11 is 0. The van der Waals surface area contributed by atoms with Crippen LogP contribution in [0.4, 0.5) is 0 Å². The zero-order valence-corrected chi connectivity index (χ0v) is 21.6. The zero-order valence-electron chi connectivity index (χ0n) is 20.8. The number of fused-ring (bicyclic) bond motifs is 1. The van der Waals surface area contributed by atoms with Gasteiger partial charge >= 0.3 is 0 Å². The molecule has 4 rings (SSSR count). The van der Waals surface area contributed by atoms with Gasteiger partial charge in [0.1, 0.15) is 6.29 Å². The number of sulfone groups is 1. The second-order valence-electron chi connectivity index (χ2n) is 9.45. The van der Waals surface area contributed by atoms with Gasteiger partial charge in [-0.2, -0.15) is 0 Å². The summed E-state index contributed by atoms with van der Waals surface area (Å²) in [5.74, 6) is -0.803. The predicted octanol–water partition coefficient (Wildman–Crippen LogP) is 3.25. The lowest BCUT2D eigenvalue weighted by Crippen LogP contribution is -2.51. The third-order valence-electron chi connectivity index (χ3n) is 6.91. The molecule has 0 aliphatic carbocycles. The van der Waals surface area contributed by atoms with E-state index in [0.717, 1.165) is 41.9 Å². The number of aldehydes is 1. The SMILES string of the molecule is C[C@@](CCn1ccc2cc(-c3ccc(C=O)cc3)ccc2c1=O)(C(=O)NOC1CCCCO1)S(C)(=O)=O. The molecular formula is C27H30N2O7S. The van der Waals surface area contributed by atoms with Crippen LogP contribution in [0.5, 0.6) is 0 Å². The average Bonchev–Trinajstić information content (AvgIpc) is 2.91. The maximum Gasteiger partial charge on any atom is 0.264 e. The van der Waals surface area contributed by atoms with Crippen molar-refractivity contribution in [1.82, 2.24) is 10.0 Å². The van der Waals surface area contributed by atoms with Crippen LogP contribution in [-0.2, 0) is 30.8 Å². The second kappa shape index (κ2) is 11.0. The molecule has 3 aromatic rings. The van der Waals surface area contributed by atoms with Crippen LogP contribution in [-0.4, -0.2) is 49.1 Å². The van der Waals surface area contributed by atoms with Crippen molar-refractivity contribution in [3.8, 4) is 11.1 Å². The van der Waals surface area contributed by atoms with Gasteiger partial charge in [-0.3, -0.25) is 14.4 Å². The van der Waals surface area contributed by atoms with E-state index >= 15 is 0 Å². The number of aryl methyl sites for hydroxylation is 1. The summed E-state index contributed by atoms with van der Waals surface area (Å²) < 4.78 is 30.3. The number of carbonyl (C=O) groups is 2. The molecule has 1 aliphatic rings. The van der Waals surface area contributed by atoms with Crippen molar-refractivity contribution in [3.63, 3.8) is 0 Å². The van der Waals surface area contributed by atoms with Crippen molar-refractivity contribution in [2.75, 3.05) is 12.9 Å². The molecule has 2 heterocycles. The molecule has 0 bridgehead atoms. The molecule has 1 fully saturated rings. The normalized spacial score (nSPS) is 17.7. The van der Waals surface area contributed by atoms with Gasteiger partial charge in [0.2, 0.25) is 0 Å². The van der Waals surface area contributed by atoms with Gasteiger partial charge < -0.3 is 9.30 Å². The highest BCUT2D eigenvalue weighted by Crippen LogP contribution is 2.25. The molecular weight excluding hydrogens is 496 g/mol. The summed E-state index contributed by atoms with van der Waals surface area (Å²) in [7, 11) is -3.85. The zero-order chi connectivity index (χ0) is 26.6. The van der Waals surface area contributed by atoms with Crippen molar-refractivity contribution >= 4 is 32.8 Å². The molecule has 1 amide bonds. The molecule has 1 unspecified atom stereocenters. The van der Waals surface area contributed by atoms with Gasteiger partial charge in [0.15, 0.2) is 20.9 Å². The Kier molecular flexibility index (Phi) is 7.91. The highest BCUT2D eigenvalue weighted by molar-refractivity contribution is 7.92. The monoisotopic (exact) mass is 526 g/mol. The fourth-order valence-corrected chi connectivity index (χ4v) is 5.07. The minimum absolute atomic E-state index is 0.0145. The quantitative estimate of drug-likeness (QED) is 0.336. The van der Waals surface area contributed by atoms with E-state index in [-0.39, 0.29) is 18.5 Å². The van der Waals surface area contributed by atoms with E-state index in [1.807, 2.05) is 24.3 Å². The number of hydrogen-bond acceptors (Lipinski definition) is 7. The molecule has 2 atom stereocenters. The standard InChI is InChI=1S/C27H30N2O7S/c1-27(37(2,33)34,26(32)28-36-24-5-3-4-16-35-24)13-15-29-14-12-22-17-21(10-11-23(22)25(29)31)20-8-6-19(18-30)7-9-20/h6-12,14,17-18,24H,3-5,13,15-16H2,1-2H3,(H,28,32)/t24?,27-/m1/s1. The number of amides is 1. The van der Waals surface area contributed by atoms with Gasteiger partial charge in [0, 0.05) is 43.0 Å². The lowest BCUT2D eigenvalue weighted by molar-refractivity contribution is -0.201. The molecule has 0 spiro atoms. The fraction of sp³-hybridized carbons (Fsp3) is 0.370. The lowest BCUT2D eigenvalue weighted by Gasteiger charge is -2.28. The third-order valence-corrected chi connectivity index (χ3v) is 8.93. The summed E-state index contributed by atoms with van der Waals surface area (Å²) in [4.78, 5) is 42.3. The largest absolute Gasteiger partial charge is 0.350 e. The van der Waals surface area contributed by atoms with Crippen LogP contribution in [0.15, 0.2) is 59.5 Å². The summed E-state index contributed by atoms with van der Waals surface area (Å²) in [5.41, 5.74) is 4.35. The number of benzene rings is 2. The predicted molar refractivity (Wildman–Crippen MR) is 140 cm³/mol. The second-order valence-corrected chi connectivity index (χ2v) is 11.9. The Morgan fingerprint density at radius 2 is 1.89 bits per heavy atom. The van der Waals surface area contributed by atoms with Crippen molar-refractivity contribution in [2.24, 2.45) is 0 Å². The first-order valence-corrected chi connectivity index (χ1v) is 14.0. The Hall–Kier alpha value is -3.34. The van der Waals surface area contributed by atoms with Gasteiger partial charge in [-0.15, -0.1) is 0 Å². The van der Waals surface area contributed by atoms with Crippen LogP contribution < -0.4 is 11.0 Å². The number of nitrogens with zero attached hydrogens (tertiary/aromatic N) is 1. The minimum atomic E-state index is -3.85. The Labute approximate surface area is 215 Å². The highest BCUT2D eigenvalue weighted by atomic mass is 32.2. The van der Waals surface area contributed by atoms with Gasteiger partial charge in [-0.25, -0.2) is 18.7 Å². The minimum Gasteiger partial charge on any atom is -0.350 e. The smallest absolute Gasteiger partial charge is 0.264 e. The number of pyridine rings is 1. The van der Waals surface area contributed by atoms with E-state index < -0.39 is 26.8 Å². The van der Waals surface area contributed by atoms with Crippen LogP contribution >= 0.6 is 0 Å². The van der Waals surface area contributed by atoms with Crippen molar-refractivity contribution in [1.29, 1.82) is 0 Å². The lowest BCUT2D eigenvalue weighted by atomic mass is 10.0. The first-order chi connectivity index (χ1) is 17.6. The summed E-state index contributed by atoms with van der Waals surface area (Å²) in [6, 6.07) is 14.3. The van der Waals surface area contributed by atoms with Crippen LogP contribution in [0.3, 0.4) is 0 Å². The Balaban J connectivity index is 1.52. The van der Waals surface area contributed by atoms with Gasteiger partial charge in [-0.05, 0) is 60.9 Å². The summed E-state index contributed by atoms with van der Waals surface area (Å²) in [5, 5.41) is 1.20. The van der Waals surface area contributed by atoms with E-state index in [9.17, 15) is 22.8 Å². The Morgan fingerprint density at radius 1 is 1.16 bits per heavy atom. The van der Waals surface area contributed by atoms with E-state index in [1.165, 1.54) is 11.5 Å². The Morgan fingerprint density at radius 3 is 2.54 bits per heavy atom. The number of hydrogen-bond donors (Lipinski definition) is 1. The maximum atomic E-state index is 13.2. The van der Waals surface area contributed by atoms with Gasteiger partial charge in [-0.1, -0.05) is 30.3 Å². The van der Waals surface area contributed by atoms with E-state index in [2.05, 4.69) is 5.48 Å². The first-order valence-electron chi connectivity index (χ1n) is 12.1.